The van der Waals surface area contributed by atoms with E-state index in [9.17, 15) is 19.0 Å². The van der Waals surface area contributed by atoms with Gasteiger partial charge in [-0.15, -0.1) is 0 Å². The fourth-order valence-corrected chi connectivity index (χ4v) is 5.56. The SMILES string of the molecule is CCC/C=C\C/C=C\CCCCCCCC(=O)OC(COC(=O)CCCCCCC/C=C\CCCCCCCCC)COP(=O)(O)OC. The molecule has 0 spiro atoms. The summed E-state index contributed by atoms with van der Waals surface area (Å²) in [7, 11) is -3.21. The first-order valence-electron chi connectivity index (χ1n) is 19.2. The number of phosphoric ester groups is 1. The lowest BCUT2D eigenvalue weighted by Gasteiger charge is -2.19. The van der Waals surface area contributed by atoms with E-state index < -0.39 is 26.5 Å². The zero-order valence-corrected chi connectivity index (χ0v) is 31.8. The molecule has 0 bridgehead atoms. The molecule has 0 amide bonds. The summed E-state index contributed by atoms with van der Waals surface area (Å²) in [4.78, 5) is 34.3. The van der Waals surface area contributed by atoms with E-state index >= 15 is 0 Å². The van der Waals surface area contributed by atoms with Crippen molar-refractivity contribution in [2.45, 2.75) is 180 Å². The van der Waals surface area contributed by atoms with E-state index in [-0.39, 0.29) is 25.4 Å². The van der Waals surface area contributed by atoms with Gasteiger partial charge in [-0.3, -0.25) is 18.6 Å². The first kappa shape index (κ1) is 46.3. The highest BCUT2D eigenvalue weighted by molar-refractivity contribution is 7.47. The van der Waals surface area contributed by atoms with Gasteiger partial charge in [0.2, 0.25) is 0 Å². The van der Waals surface area contributed by atoms with Crippen LogP contribution in [0.25, 0.3) is 0 Å². The van der Waals surface area contributed by atoms with Crippen molar-refractivity contribution in [3.63, 3.8) is 0 Å². The average molecular weight is 699 g/mol. The Bertz CT molecular complexity index is 885. The van der Waals surface area contributed by atoms with Crippen molar-refractivity contribution in [3.8, 4) is 0 Å². The van der Waals surface area contributed by atoms with E-state index in [4.69, 9.17) is 14.0 Å². The summed E-state index contributed by atoms with van der Waals surface area (Å²) in [5.41, 5.74) is 0. The largest absolute Gasteiger partial charge is 0.472 e. The van der Waals surface area contributed by atoms with Crippen molar-refractivity contribution in [2.75, 3.05) is 20.3 Å². The normalized spacial score (nSPS) is 13.8. The first-order chi connectivity index (χ1) is 23.3. The van der Waals surface area contributed by atoms with Gasteiger partial charge in [0.1, 0.15) is 6.61 Å². The van der Waals surface area contributed by atoms with Crippen LogP contribution in [0, 0.1) is 0 Å². The van der Waals surface area contributed by atoms with E-state index in [0.717, 1.165) is 90.6 Å². The lowest BCUT2D eigenvalue weighted by Crippen LogP contribution is -2.29. The molecule has 0 aromatic rings. The van der Waals surface area contributed by atoms with Crippen LogP contribution in [0.4, 0.5) is 0 Å². The van der Waals surface area contributed by atoms with Gasteiger partial charge < -0.3 is 14.4 Å². The molecule has 0 aromatic carbocycles. The summed E-state index contributed by atoms with van der Waals surface area (Å²) in [5, 5.41) is 0. The third kappa shape index (κ3) is 34.1. The molecule has 0 saturated heterocycles. The van der Waals surface area contributed by atoms with Crippen molar-refractivity contribution in [1.29, 1.82) is 0 Å². The Morgan fingerprint density at radius 3 is 1.56 bits per heavy atom. The van der Waals surface area contributed by atoms with Gasteiger partial charge >= 0.3 is 19.8 Å². The third-order valence-corrected chi connectivity index (χ3v) is 9.02. The molecule has 48 heavy (non-hydrogen) atoms. The minimum absolute atomic E-state index is 0.227. The Morgan fingerprint density at radius 2 is 1.04 bits per heavy atom. The lowest BCUT2D eigenvalue weighted by atomic mass is 10.1. The Hall–Kier alpha value is -1.73. The van der Waals surface area contributed by atoms with Crippen LogP contribution in [0.3, 0.4) is 0 Å². The lowest BCUT2D eigenvalue weighted by molar-refractivity contribution is -0.161. The minimum atomic E-state index is -4.26. The Kier molecular flexibility index (Phi) is 33.8. The summed E-state index contributed by atoms with van der Waals surface area (Å²) in [6.07, 6.45) is 39.1. The maximum atomic E-state index is 12.4. The van der Waals surface area contributed by atoms with Gasteiger partial charge in [0.25, 0.3) is 0 Å². The molecule has 0 saturated carbocycles. The van der Waals surface area contributed by atoms with Crippen LogP contribution in [0.1, 0.15) is 174 Å². The van der Waals surface area contributed by atoms with Crippen molar-refractivity contribution >= 4 is 19.8 Å². The van der Waals surface area contributed by atoms with Crippen LogP contribution < -0.4 is 0 Å². The quantitative estimate of drug-likeness (QED) is 0.0301. The van der Waals surface area contributed by atoms with Crippen LogP contribution in [0.2, 0.25) is 0 Å². The topological polar surface area (TPSA) is 108 Å². The number of esters is 2. The summed E-state index contributed by atoms with van der Waals surface area (Å²) >= 11 is 0. The number of unbranched alkanes of at least 4 members (excludes halogenated alkanes) is 18. The Balaban J connectivity index is 4.08. The molecule has 0 aromatic heterocycles. The number of hydrogen-bond acceptors (Lipinski definition) is 7. The van der Waals surface area contributed by atoms with Crippen molar-refractivity contribution in [1.82, 2.24) is 0 Å². The first-order valence-corrected chi connectivity index (χ1v) is 20.7. The van der Waals surface area contributed by atoms with Crippen molar-refractivity contribution < 1.29 is 37.6 Å². The highest BCUT2D eigenvalue weighted by Gasteiger charge is 2.24. The standard InChI is InChI=1S/C39H71O8P/c1-4-6-8-10-12-14-16-18-19-20-22-23-25-27-29-31-33-38(40)45-35-37(36-46-48(42,43)44-3)47-39(41)34-32-30-28-26-24-21-17-15-13-11-9-7-5-2/h9,11,15,17,19-20,37H,4-8,10,12-14,16,18,21-36H2,1-3H3,(H,42,43)/b11-9-,17-15-,20-19-. The van der Waals surface area contributed by atoms with Gasteiger partial charge in [0.05, 0.1) is 6.61 Å². The van der Waals surface area contributed by atoms with Crippen LogP contribution in [-0.2, 0) is 32.7 Å². The van der Waals surface area contributed by atoms with Gasteiger partial charge in [-0.2, -0.15) is 0 Å². The molecular weight excluding hydrogens is 627 g/mol. The maximum absolute atomic E-state index is 12.4. The zero-order chi connectivity index (χ0) is 35.4. The zero-order valence-electron chi connectivity index (χ0n) is 30.9. The minimum Gasteiger partial charge on any atom is -0.462 e. The molecule has 280 valence electrons. The molecule has 0 fully saturated rings. The number of allylic oxidation sites excluding steroid dienone is 6. The van der Waals surface area contributed by atoms with Gasteiger partial charge in [0, 0.05) is 20.0 Å². The van der Waals surface area contributed by atoms with E-state index in [0.29, 0.717) is 6.42 Å². The monoisotopic (exact) mass is 698 g/mol. The molecule has 0 aliphatic rings. The highest BCUT2D eigenvalue weighted by Crippen LogP contribution is 2.42. The molecular formula is C39H71O8P. The summed E-state index contributed by atoms with van der Waals surface area (Å²) in [6, 6.07) is 0. The predicted molar refractivity (Wildman–Crippen MR) is 198 cm³/mol. The smallest absolute Gasteiger partial charge is 0.462 e. The molecule has 0 aliphatic heterocycles. The number of rotatable bonds is 35. The van der Waals surface area contributed by atoms with Crippen LogP contribution in [0.5, 0.6) is 0 Å². The van der Waals surface area contributed by atoms with E-state index in [1.54, 1.807) is 0 Å². The second-order valence-electron chi connectivity index (χ2n) is 12.7. The van der Waals surface area contributed by atoms with E-state index in [1.165, 1.54) is 57.8 Å². The maximum Gasteiger partial charge on any atom is 0.472 e. The Labute approximate surface area is 294 Å². The van der Waals surface area contributed by atoms with E-state index in [2.05, 4.69) is 54.8 Å². The fraction of sp³-hybridized carbons (Fsp3) is 0.795. The molecule has 2 atom stereocenters. The summed E-state index contributed by atoms with van der Waals surface area (Å²) in [5.74, 6) is -0.831. The van der Waals surface area contributed by atoms with E-state index in [1.807, 2.05) is 0 Å². The molecule has 9 heteroatoms. The molecule has 1 N–H and O–H groups in total. The summed E-state index contributed by atoms with van der Waals surface area (Å²) < 4.78 is 31.8. The van der Waals surface area contributed by atoms with Crippen molar-refractivity contribution in [3.05, 3.63) is 36.5 Å². The number of carbonyl (C=O) groups excluding carboxylic acids is 2. The predicted octanol–water partition coefficient (Wildman–Crippen LogP) is 11.7. The molecule has 8 nitrogen and oxygen atoms in total. The Morgan fingerprint density at radius 1 is 0.583 bits per heavy atom. The number of ether oxygens (including phenoxy) is 2. The third-order valence-electron chi connectivity index (χ3n) is 8.09. The second kappa shape index (κ2) is 35.1. The molecule has 0 radical (unpaired) electrons. The second-order valence-corrected chi connectivity index (χ2v) is 14.3. The van der Waals surface area contributed by atoms with Crippen LogP contribution >= 0.6 is 7.82 Å². The number of hydrogen-bond donors (Lipinski definition) is 1. The molecule has 0 rings (SSSR count). The molecule has 2 unspecified atom stereocenters. The molecule has 0 heterocycles. The number of phosphoric acid groups is 1. The highest BCUT2D eigenvalue weighted by atomic mass is 31.2. The van der Waals surface area contributed by atoms with Crippen LogP contribution in [-0.4, -0.2) is 43.3 Å². The van der Waals surface area contributed by atoms with Gasteiger partial charge in [-0.1, -0.05) is 134 Å². The fourth-order valence-electron chi connectivity index (χ4n) is 5.10. The van der Waals surface area contributed by atoms with Gasteiger partial charge in [0.15, 0.2) is 6.10 Å². The average Bonchev–Trinajstić information content (AvgIpc) is 3.07. The summed E-state index contributed by atoms with van der Waals surface area (Å²) in [6.45, 7) is 3.79. The van der Waals surface area contributed by atoms with Crippen molar-refractivity contribution in [2.24, 2.45) is 0 Å². The van der Waals surface area contributed by atoms with Gasteiger partial charge in [-0.25, -0.2) is 4.57 Å². The van der Waals surface area contributed by atoms with Crippen LogP contribution in [0.15, 0.2) is 36.5 Å². The van der Waals surface area contributed by atoms with Gasteiger partial charge in [-0.05, 0) is 64.2 Å². The number of carbonyl (C=O) groups is 2. The molecule has 0 aliphatic carbocycles.